The van der Waals surface area contributed by atoms with Gasteiger partial charge in [-0.05, 0) is 46.8 Å². The average Bonchev–Trinajstić information content (AvgIpc) is 2.55. The SMILES string of the molecule is COC(=O)[C@@H](C)[C@@H](COC(=O)c1ccc(C)cc1)NC(=O)OC(C)(C)C. The highest BCUT2D eigenvalue weighted by atomic mass is 16.6. The first-order chi connectivity index (χ1) is 12.0. The van der Waals surface area contributed by atoms with Gasteiger partial charge in [-0.15, -0.1) is 0 Å². The summed E-state index contributed by atoms with van der Waals surface area (Å²) in [5, 5.41) is 2.57. The van der Waals surface area contributed by atoms with Gasteiger partial charge < -0.3 is 19.5 Å². The number of rotatable bonds is 6. The summed E-state index contributed by atoms with van der Waals surface area (Å²) < 4.78 is 15.2. The number of nitrogens with one attached hydrogen (secondary N) is 1. The Balaban J connectivity index is 2.78. The van der Waals surface area contributed by atoms with Gasteiger partial charge in [0.2, 0.25) is 0 Å². The molecule has 7 heteroatoms. The van der Waals surface area contributed by atoms with Crippen molar-refractivity contribution < 1.29 is 28.6 Å². The number of esters is 2. The molecule has 0 unspecified atom stereocenters. The minimum atomic E-state index is -0.785. The molecule has 0 spiro atoms. The normalized spacial score (nSPS) is 13.3. The molecule has 0 aromatic heterocycles. The first-order valence-electron chi connectivity index (χ1n) is 8.34. The summed E-state index contributed by atoms with van der Waals surface area (Å²) in [6.45, 7) is 8.47. The smallest absolute Gasteiger partial charge is 0.408 e. The summed E-state index contributed by atoms with van der Waals surface area (Å²) >= 11 is 0. The summed E-state index contributed by atoms with van der Waals surface area (Å²) in [4.78, 5) is 36.0. The Bertz CT molecular complexity index is 632. The van der Waals surface area contributed by atoms with Crippen LogP contribution in [0.15, 0.2) is 24.3 Å². The van der Waals surface area contributed by atoms with Gasteiger partial charge in [0.1, 0.15) is 12.2 Å². The third kappa shape index (κ3) is 7.13. The number of carbonyl (C=O) groups is 3. The lowest BCUT2D eigenvalue weighted by Gasteiger charge is -2.26. The zero-order chi connectivity index (χ0) is 19.9. The maximum atomic E-state index is 12.2. The van der Waals surface area contributed by atoms with E-state index in [9.17, 15) is 14.4 Å². The summed E-state index contributed by atoms with van der Waals surface area (Å²) in [6.07, 6.45) is -0.704. The van der Waals surface area contributed by atoms with Crippen LogP contribution in [0.3, 0.4) is 0 Å². The fourth-order valence-electron chi connectivity index (χ4n) is 2.06. The average molecular weight is 365 g/mol. The monoisotopic (exact) mass is 365 g/mol. The van der Waals surface area contributed by atoms with Crippen molar-refractivity contribution in [3.8, 4) is 0 Å². The number of alkyl carbamates (subject to hydrolysis) is 1. The van der Waals surface area contributed by atoms with E-state index in [2.05, 4.69) is 5.32 Å². The fourth-order valence-corrected chi connectivity index (χ4v) is 2.06. The summed E-state index contributed by atoms with van der Waals surface area (Å²) in [6, 6.07) is 6.11. The van der Waals surface area contributed by atoms with E-state index < -0.39 is 35.6 Å². The van der Waals surface area contributed by atoms with E-state index in [-0.39, 0.29) is 6.61 Å². The van der Waals surface area contributed by atoms with Crippen LogP contribution in [0.2, 0.25) is 0 Å². The molecule has 0 heterocycles. The Morgan fingerprint density at radius 1 is 1.12 bits per heavy atom. The number of methoxy groups -OCH3 is 1. The van der Waals surface area contributed by atoms with Crippen molar-refractivity contribution in [2.24, 2.45) is 5.92 Å². The molecule has 0 aliphatic rings. The third-order valence-electron chi connectivity index (χ3n) is 3.56. The Morgan fingerprint density at radius 2 is 1.69 bits per heavy atom. The lowest BCUT2D eigenvalue weighted by atomic mass is 10.0. The number of ether oxygens (including phenoxy) is 3. The van der Waals surface area contributed by atoms with E-state index in [0.29, 0.717) is 5.56 Å². The Labute approximate surface area is 154 Å². The van der Waals surface area contributed by atoms with Crippen LogP contribution in [0.5, 0.6) is 0 Å². The molecule has 0 saturated carbocycles. The summed E-state index contributed by atoms with van der Waals surface area (Å²) in [7, 11) is 1.25. The number of hydrogen-bond acceptors (Lipinski definition) is 6. The lowest BCUT2D eigenvalue weighted by Crippen LogP contribution is -2.47. The van der Waals surface area contributed by atoms with Crippen molar-refractivity contribution in [3.05, 3.63) is 35.4 Å². The molecule has 1 aromatic carbocycles. The molecular formula is C19H27NO6. The van der Waals surface area contributed by atoms with Crippen molar-refractivity contribution in [2.45, 2.75) is 46.3 Å². The topological polar surface area (TPSA) is 90.9 Å². The van der Waals surface area contributed by atoms with Gasteiger partial charge in [-0.25, -0.2) is 9.59 Å². The summed E-state index contributed by atoms with van der Waals surface area (Å²) in [5.41, 5.74) is 0.713. The maximum Gasteiger partial charge on any atom is 0.408 e. The van der Waals surface area contributed by atoms with Gasteiger partial charge in [-0.1, -0.05) is 17.7 Å². The molecule has 1 rings (SSSR count). The predicted octanol–water partition coefficient (Wildman–Crippen LogP) is 2.85. The minimum absolute atomic E-state index is 0.192. The molecule has 0 fully saturated rings. The molecule has 1 N–H and O–H groups in total. The first kappa shape index (κ1) is 21.5. The number of hydrogen-bond donors (Lipinski definition) is 1. The first-order valence-corrected chi connectivity index (χ1v) is 8.34. The van der Waals surface area contributed by atoms with Gasteiger partial charge in [-0.3, -0.25) is 4.79 Å². The Hall–Kier alpha value is -2.57. The molecule has 0 saturated heterocycles. The van der Waals surface area contributed by atoms with E-state index >= 15 is 0 Å². The van der Waals surface area contributed by atoms with Crippen molar-refractivity contribution in [1.82, 2.24) is 5.32 Å². The maximum absolute atomic E-state index is 12.2. The number of carbonyl (C=O) groups excluding carboxylic acids is 3. The molecule has 2 atom stereocenters. The van der Waals surface area contributed by atoms with Gasteiger partial charge in [-0.2, -0.15) is 0 Å². The van der Waals surface area contributed by atoms with Gasteiger partial charge in [0.15, 0.2) is 0 Å². The highest BCUT2D eigenvalue weighted by molar-refractivity contribution is 5.89. The molecule has 1 amide bonds. The zero-order valence-corrected chi connectivity index (χ0v) is 16.1. The van der Waals surface area contributed by atoms with Crippen LogP contribution in [0.25, 0.3) is 0 Å². The van der Waals surface area contributed by atoms with Crippen molar-refractivity contribution >= 4 is 18.0 Å². The van der Waals surface area contributed by atoms with Gasteiger partial charge in [0, 0.05) is 0 Å². The van der Waals surface area contributed by atoms with Crippen LogP contribution < -0.4 is 5.32 Å². The molecule has 0 aliphatic heterocycles. The van der Waals surface area contributed by atoms with E-state index in [1.54, 1.807) is 52.0 Å². The largest absolute Gasteiger partial charge is 0.469 e. The van der Waals surface area contributed by atoms with E-state index in [1.165, 1.54) is 7.11 Å². The second-order valence-corrected chi connectivity index (χ2v) is 7.03. The number of benzene rings is 1. The molecule has 7 nitrogen and oxygen atoms in total. The minimum Gasteiger partial charge on any atom is -0.469 e. The Morgan fingerprint density at radius 3 is 2.19 bits per heavy atom. The Kier molecular flexibility index (Phi) is 7.61. The number of amides is 1. The van der Waals surface area contributed by atoms with Crippen LogP contribution in [-0.2, 0) is 19.0 Å². The van der Waals surface area contributed by atoms with Crippen LogP contribution >= 0.6 is 0 Å². The van der Waals surface area contributed by atoms with Gasteiger partial charge in [0.05, 0.1) is 24.6 Å². The van der Waals surface area contributed by atoms with Crippen LogP contribution in [0.4, 0.5) is 4.79 Å². The summed E-state index contributed by atoms with van der Waals surface area (Å²) in [5.74, 6) is -1.80. The molecular weight excluding hydrogens is 338 g/mol. The van der Waals surface area contributed by atoms with Crippen molar-refractivity contribution in [1.29, 1.82) is 0 Å². The molecule has 26 heavy (non-hydrogen) atoms. The van der Waals surface area contributed by atoms with Crippen LogP contribution in [0.1, 0.15) is 43.6 Å². The zero-order valence-electron chi connectivity index (χ0n) is 16.1. The quantitative estimate of drug-likeness (QED) is 0.616. The van der Waals surface area contributed by atoms with Crippen LogP contribution in [-0.4, -0.2) is 43.4 Å². The molecule has 0 radical (unpaired) electrons. The third-order valence-corrected chi connectivity index (χ3v) is 3.56. The van der Waals surface area contributed by atoms with E-state index in [1.807, 2.05) is 6.92 Å². The molecule has 1 aromatic rings. The molecule has 0 bridgehead atoms. The number of aryl methyl sites for hydroxylation is 1. The van der Waals surface area contributed by atoms with Gasteiger partial charge in [0.25, 0.3) is 0 Å². The fraction of sp³-hybridized carbons (Fsp3) is 0.526. The standard InChI is InChI=1S/C19H27NO6/c1-12-7-9-14(10-8-12)17(22)25-11-15(13(2)16(21)24-6)20-18(23)26-19(3,4)5/h7-10,13,15H,11H2,1-6H3,(H,20,23)/t13-,15+/m0/s1. The van der Waals surface area contributed by atoms with E-state index in [4.69, 9.17) is 14.2 Å². The highest BCUT2D eigenvalue weighted by Gasteiger charge is 2.29. The second-order valence-electron chi connectivity index (χ2n) is 7.03. The predicted molar refractivity (Wildman–Crippen MR) is 95.8 cm³/mol. The lowest BCUT2D eigenvalue weighted by molar-refractivity contribution is -0.146. The van der Waals surface area contributed by atoms with E-state index in [0.717, 1.165) is 5.56 Å². The second kappa shape index (κ2) is 9.22. The van der Waals surface area contributed by atoms with Gasteiger partial charge >= 0.3 is 18.0 Å². The van der Waals surface area contributed by atoms with Crippen molar-refractivity contribution in [3.63, 3.8) is 0 Å². The molecule has 144 valence electrons. The van der Waals surface area contributed by atoms with Crippen LogP contribution in [0, 0.1) is 12.8 Å². The van der Waals surface area contributed by atoms with Crippen molar-refractivity contribution in [2.75, 3.05) is 13.7 Å². The highest BCUT2D eigenvalue weighted by Crippen LogP contribution is 2.12. The molecule has 0 aliphatic carbocycles.